The summed E-state index contributed by atoms with van der Waals surface area (Å²) in [5.41, 5.74) is 10.6. The standard InChI is InChI=1S/C12H10N4S2/c13-10-4-3-8(6-17-12-16-15-7-18-12)11-9(10)2-1-5-14-11/h1-5,7H,6,13H2. The van der Waals surface area contributed by atoms with Crippen LogP contribution in [0.3, 0.4) is 0 Å². The average Bonchev–Trinajstić information content (AvgIpc) is 2.92. The van der Waals surface area contributed by atoms with Gasteiger partial charge in [0.05, 0.1) is 5.52 Å². The van der Waals surface area contributed by atoms with Crippen LogP contribution in [0.15, 0.2) is 40.3 Å². The van der Waals surface area contributed by atoms with Gasteiger partial charge in [0.15, 0.2) is 4.34 Å². The molecule has 1 aromatic carbocycles. The van der Waals surface area contributed by atoms with E-state index in [0.717, 1.165) is 26.7 Å². The average molecular weight is 274 g/mol. The monoisotopic (exact) mass is 274 g/mol. The molecule has 3 rings (SSSR count). The molecule has 0 saturated heterocycles. The Kier molecular flexibility index (Phi) is 3.12. The number of nitrogen functional groups attached to an aromatic ring is 1. The van der Waals surface area contributed by atoms with Gasteiger partial charge in [-0.1, -0.05) is 29.2 Å². The van der Waals surface area contributed by atoms with Crippen LogP contribution in [0.2, 0.25) is 0 Å². The second-order valence-corrected chi connectivity index (χ2v) is 5.76. The Balaban J connectivity index is 1.94. The maximum absolute atomic E-state index is 5.95. The summed E-state index contributed by atoms with van der Waals surface area (Å²) in [6, 6.07) is 7.86. The molecule has 3 aromatic rings. The van der Waals surface area contributed by atoms with Crippen molar-refractivity contribution in [1.29, 1.82) is 0 Å². The van der Waals surface area contributed by atoms with E-state index >= 15 is 0 Å². The third-order valence-electron chi connectivity index (χ3n) is 2.58. The van der Waals surface area contributed by atoms with E-state index in [2.05, 4.69) is 15.2 Å². The molecule has 0 bridgehead atoms. The van der Waals surface area contributed by atoms with Crippen LogP contribution in [-0.4, -0.2) is 15.2 Å². The highest BCUT2D eigenvalue weighted by molar-refractivity contribution is 8.00. The van der Waals surface area contributed by atoms with Gasteiger partial charge in [-0.2, -0.15) is 0 Å². The summed E-state index contributed by atoms with van der Waals surface area (Å²) in [5.74, 6) is 0.822. The summed E-state index contributed by atoms with van der Waals surface area (Å²) in [7, 11) is 0. The van der Waals surface area contributed by atoms with E-state index in [-0.39, 0.29) is 0 Å². The van der Waals surface area contributed by atoms with Crippen molar-refractivity contribution in [3.05, 3.63) is 41.5 Å². The van der Waals surface area contributed by atoms with Crippen LogP contribution in [0.4, 0.5) is 5.69 Å². The van der Waals surface area contributed by atoms with Crippen molar-refractivity contribution in [2.45, 2.75) is 10.1 Å². The predicted octanol–water partition coefficient (Wildman–Crippen LogP) is 2.96. The largest absolute Gasteiger partial charge is 0.398 e. The fourth-order valence-electron chi connectivity index (χ4n) is 1.74. The van der Waals surface area contributed by atoms with Gasteiger partial charge in [0, 0.05) is 23.0 Å². The van der Waals surface area contributed by atoms with Gasteiger partial charge in [0.1, 0.15) is 5.51 Å². The topological polar surface area (TPSA) is 64.7 Å². The molecular formula is C12H10N4S2. The summed E-state index contributed by atoms with van der Waals surface area (Å²) >= 11 is 3.21. The van der Waals surface area contributed by atoms with Gasteiger partial charge in [0.2, 0.25) is 0 Å². The van der Waals surface area contributed by atoms with Crippen molar-refractivity contribution < 1.29 is 0 Å². The summed E-state index contributed by atoms with van der Waals surface area (Å²) in [6.45, 7) is 0. The lowest BCUT2D eigenvalue weighted by Crippen LogP contribution is -1.92. The van der Waals surface area contributed by atoms with E-state index in [9.17, 15) is 0 Å². The number of nitrogens with two attached hydrogens (primary N) is 1. The van der Waals surface area contributed by atoms with Gasteiger partial charge in [-0.15, -0.1) is 10.2 Å². The molecule has 0 aliphatic carbocycles. The normalized spacial score (nSPS) is 10.9. The number of anilines is 1. The fraction of sp³-hybridized carbons (Fsp3) is 0.0833. The third kappa shape index (κ3) is 2.16. The van der Waals surface area contributed by atoms with Crippen LogP contribution in [0.5, 0.6) is 0 Å². The molecule has 0 atom stereocenters. The molecule has 0 fully saturated rings. The van der Waals surface area contributed by atoms with Crippen LogP contribution in [-0.2, 0) is 5.75 Å². The lowest BCUT2D eigenvalue weighted by Gasteiger charge is -2.06. The zero-order valence-corrected chi connectivity index (χ0v) is 11.0. The van der Waals surface area contributed by atoms with Crippen molar-refractivity contribution in [2.75, 3.05) is 5.73 Å². The molecule has 18 heavy (non-hydrogen) atoms. The Morgan fingerprint density at radius 3 is 3.06 bits per heavy atom. The Labute approximate surface area is 112 Å². The minimum atomic E-state index is 0.766. The van der Waals surface area contributed by atoms with Gasteiger partial charge in [-0.3, -0.25) is 4.98 Å². The van der Waals surface area contributed by atoms with E-state index < -0.39 is 0 Å². The molecule has 0 saturated carbocycles. The Morgan fingerprint density at radius 1 is 1.28 bits per heavy atom. The van der Waals surface area contributed by atoms with Crippen molar-refractivity contribution >= 4 is 39.7 Å². The number of thioether (sulfide) groups is 1. The smallest absolute Gasteiger partial charge is 0.174 e. The van der Waals surface area contributed by atoms with Gasteiger partial charge in [0.25, 0.3) is 0 Å². The lowest BCUT2D eigenvalue weighted by atomic mass is 10.1. The summed E-state index contributed by atoms with van der Waals surface area (Å²) in [5, 5.41) is 8.85. The van der Waals surface area contributed by atoms with E-state index in [1.807, 2.05) is 24.3 Å². The number of fused-ring (bicyclic) bond motifs is 1. The van der Waals surface area contributed by atoms with Crippen molar-refractivity contribution in [1.82, 2.24) is 15.2 Å². The first-order valence-corrected chi connectivity index (χ1v) is 7.22. The van der Waals surface area contributed by atoms with E-state index in [1.165, 1.54) is 5.56 Å². The minimum Gasteiger partial charge on any atom is -0.398 e. The zero-order chi connectivity index (χ0) is 12.4. The molecule has 0 aliphatic heterocycles. The van der Waals surface area contributed by atoms with E-state index in [0.29, 0.717) is 0 Å². The van der Waals surface area contributed by atoms with Gasteiger partial charge < -0.3 is 5.73 Å². The number of benzene rings is 1. The van der Waals surface area contributed by atoms with E-state index in [4.69, 9.17) is 5.73 Å². The van der Waals surface area contributed by atoms with Gasteiger partial charge in [-0.25, -0.2) is 0 Å². The molecule has 0 unspecified atom stereocenters. The molecule has 4 nitrogen and oxygen atoms in total. The first kappa shape index (κ1) is 11.4. The summed E-state index contributed by atoms with van der Waals surface area (Å²) < 4.78 is 0.968. The molecule has 2 heterocycles. The van der Waals surface area contributed by atoms with Crippen LogP contribution in [0.25, 0.3) is 10.9 Å². The molecule has 90 valence electrons. The predicted molar refractivity (Wildman–Crippen MR) is 75.6 cm³/mol. The van der Waals surface area contributed by atoms with Crippen molar-refractivity contribution in [3.63, 3.8) is 0 Å². The number of hydrogen-bond acceptors (Lipinski definition) is 6. The van der Waals surface area contributed by atoms with Crippen LogP contribution < -0.4 is 5.73 Å². The SMILES string of the molecule is Nc1ccc(CSc2nncs2)c2ncccc12. The number of nitrogens with zero attached hydrogens (tertiary/aromatic N) is 3. The highest BCUT2D eigenvalue weighted by Gasteiger charge is 2.06. The molecule has 0 radical (unpaired) electrons. The maximum Gasteiger partial charge on any atom is 0.174 e. The molecule has 0 aliphatic rings. The highest BCUT2D eigenvalue weighted by atomic mass is 32.2. The number of aromatic nitrogens is 3. The molecule has 0 spiro atoms. The minimum absolute atomic E-state index is 0.766. The molecular weight excluding hydrogens is 264 g/mol. The quantitative estimate of drug-likeness (QED) is 0.587. The first-order chi connectivity index (χ1) is 8.84. The second-order valence-electron chi connectivity index (χ2n) is 3.71. The summed E-state index contributed by atoms with van der Waals surface area (Å²) in [4.78, 5) is 4.42. The van der Waals surface area contributed by atoms with Crippen molar-refractivity contribution in [3.8, 4) is 0 Å². The molecule has 6 heteroatoms. The zero-order valence-electron chi connectivity index (χ0n) is 9.41. The maximum atomic E-state index is 5.95. The molecule has 0 amide bonds. The Bertz CT molecular complexity index is 667. The number of rotatable bonds is 3. The Hall–Kier alpha value is -1.66. The number of hydrogen-bond donors (Lipinski definition) is 1. The second kappa shape index (κ2) is 4.91. The third-order valence-corrected chi connectivity index (χ3v) is 4.49. The van der Waals surface area contributed by atoms with Gasteiger partial charge >= 0.3 is 0 Å². The molecule has 2 N–H and O–H groups in total. The molecule has 2 aromatic heterocycles. The fourth-order valence-corrected chi connectivity index (χ4v) is 3.21. The summed E-state index contributed by atoms with van der Waals surface area (Å²) in [6.07, 6.45) is 1.79. The lowest BCUT2D eigenvalue weighted by molar-refractivity contribution is 1.01. The van der Waals surface area contributed by atoms with E-state index in [1.54, 1.807) is 34.8 Å². The van der Waals surface area contributed by atoms with Crippen LogP contribution >= 0.6 is 23.1 Å². The van der Waals surface area contributed by atoms with Crippen LogP contribution in [0, 0.1) is 0 Å². The Morgan fingerprint density at radius 2 is 2.22 bits per heavy atom. The van der Waals surface area contributed by atoms with Gasteiger partial charge in [-0.05, 0) is 23.8 Å². The number of pyridine rings is 1. The highest BCUT2D eigenvalue weighted by Crippen LogP contribution is 2.29. The van der Waals surface area contributed by atoms with Crippen molar-refractivity contribution in [2.24, 2.45) is 0 Å². The van der Waals surface area contributed by atoms with Crippen LogP contribution in [0.1, 0.15) is 5.56 Å². The first-order valence-electron chi connectivity index (χ1n) is 5.35.